The Morgan fingerprint density at radius 2 is 1.56 bits per heavy atom. The number of hydrogen-bond acceptors (Lipinski definition) is 7. The lowest BCUT2D eigenvalue weighted by Crippen LogP contribution is -2.66. The van der Waals surface area contributed by atoms with E-state index < -0.39 is 23.1 Å². The van der Waals surface area contributed by atoms with Crippen molar-refractivity contribution in [1.82, 2.24) is 0 Å². The van der Waals surface area contributed by atoms with Crippen LogP contribution < -0.4 is 0 Å². The first-order valence-electron chi connectivity index (χ1n) is 4.91. The highest BCUT2D eigenvalue weighted by atomic mass is 32.2. The quantitative estimate of drug-likeness (QED) is 0.388. The number of benzene rings is 1. The summed E-state index contributed by atoms with van der Waals surface area (Å²) in [4.78, 5) is 24.0. The second-order valence-electron chi connectivity index (χ2n) is 3.89. The van der Waals surface area contributed by atoms with E-state index in [1.165, 1.54) is 18.2 Å². The van der Waals surface area contributed by atoms with Gasteiger partial charge < -0.3 is 20.4 Å². The molecular weight excluding hydrogens is 260 g/mol. The van der Waals surface area contributed by atoms with Gasteiger partial charge in [-0.25, -0.2) is 0 Å². The van der Waals surface area contributed by atoms with E-state index in [0.717, 1.165) is 11.8 Å². The van der Waals surface area contributed by atoms with Crippen LogP contribution in [0, 0.1) is 0 Å². The van der Waals surface area contributed by atoms with E-state index in [2.05, 4.69) is 0 Å². The maximum absolute atomic E-state index is 11.9. The van der Waals surface area contributed by atoms with Gasteiger partial charge in [-0.05, 0) is 12.3 Å². The lowest BCUT2D eigenvalue weighted by molar-refractivity contribution is -0.299. The molecule has 0 radical (unpaired) electrons. The van der Waals surface area contributed by atoms with Crippen LogP contribution in [-0.4, -0.2) is 49.8 Å². The Morgan fingerprint density at radius 3 is 2.11 bits per heavy atom. The topological polar surface area (TPSA) is 115 Å². The van der Waals surface area contributed by atoms with Crippen LogP contribution in [0.15, 0.2) is 23.1 Å². The molecule has 0 aliphatic heterocycles. The minimum Gasteiger partial charge on any atom is -0.355 e. The van der Waals surface area contributed by atoms with Gasteiger partial charge in [-0.15, -0.1) is 11.8 Å². The summed E-state index contributed by atoms with van der Waals surface area (Å²) >= 11 is 1.13. The molecule has 0 unspecified atom stereocenters. The molecule has 7 heteroatoms. The van der Waals surface area contributed by atoms with Gasteiger partial charge in [-0.1, -0.05) is 12.1 Å². The smallest absolute Gasteiger partial charge is 0.292 e. The molecule has 1 aromatic carbocycles. The van der Waals surface area contributed by atoms with Gasteiger partial charge in [0.2, 0.25) is 11.6 Å². The standard InChI is InChI=1S/C11H10O6S/c1-18-6-4-2-3-5-7(6)9(13)11(16,17)10(14,15)8(5)12/h2-4,14-17H,1H3. The molecule has 0 heterocycles. The summed E-state index contributed by atoms with van der Waals surface area (Å²) in [6, 6.07) is 4.21. The van der Waals surface area contributed by atoms with E-state index in [0.29, 0.717) is 4.90 Å². The Labute approximate surface area is 106 Å². The fraction of sp³-hybridized carbons (Fsp3) is 0.273. The van der Waals surface area contributed by atoms with Crippen molar-refractivity contribution >= 4 is 23.3 Å². The molecule has 0 saturated heterocycles. The molecule has 1 aliphatic carbocycles. The average molecular weight is 270 g/mol. The number of carbonyl (C=O) groups is 2. The number of hydrogen-bond donors (Lipinski definition) is 4. The van der Waals surface area contributed by atoms with Gasteiger partial charge >= 0.3 is 0 Å². The van der Waals surface area contributed by atoms with Crippen LogP contribution in [0.4, 0.5) is 0 Å². The zero-order valence-electron chi connectivity index (χ0n) is 9.25. The molecule has 1 aromatic rings. The molecule has 0 bridgehead atoms. The first-order valence-corrected chi connectivity index (χ1v) is 6.13. The molecular formula is C11H10O6S. The molecule has 0 aromatic heterocycles. The van der Waals surface area contributed by atoms with Crippen molar-refractivity contribution in [2.24, 2.45) is 0 Å². The monoisotopic (exact) mass is 270 g/mol. The van der Waals surface area contributed by atoms with Crippen molar-refractivity contribution in [2.45, 2.75) is 16.5 Å². The number of thioether (sulfide) groups is 1. The highest BCUT2D eigenvalue weighted by molar-refractivity contribution is 7.98. The zero-order valence-corrected chi connectivity index (χ0v) is 10.1. The first kappa shape index (κ1) is 13.2. The minimum absolute atomic E-state index is 0.210. The molecule has 4 N–H and O–H groups in total. The third-order valence-electron chi connectivity index (χ3n) is 2.84. The lowest BCUT2D eigenvalue weighted by atomic mass is 9.80. The number of ketones is 2. The highest BCUT2D eigenvalue weighted by Gasteiger charge is 2.63. The third-order valence-corrected chi connectivity index (χ3v) is 3.62. The predicted octanol–water partition coefficient (Wildman–Crippen LogP) is -0.851. The molecule has 0 fully saturated rings. The van der Waals surface area contributed by atoms with E-state index >= 15 is 0 Å². The van der Waals surface area contributed by atoms with Crippen LogP contribution in [-0.2, 0) is 0 Å². The zero-order chi connectivity index (χ0) is 13.7. The summed E-state index contributed by atoms with van der Waals surface area (Å²) in [7, 11) is 0. The summed E-state index contributed by atoms with van der Waals surface area (Å²) in [5, 5.41) is 37.8. The minimum atomic E-state index is -3.55. The normalized spacial score (nSPS) is 20.7. The molecule has 2 rings (SSSR count). The van der Waals surface area contributed by atoms with Crippen LogP contribution in [0.5, 0.6) is 0 Å². The van der Waals surface area contributed by atoms with E-state index in [-0.39, 0.29) is 11.1 Å². The maximum atomic E-state index is 11.9. The summed E-state index contributed by atoms with van der Waals surface area (Å²) in [6.07, 6.45) is 1.64. The van der Waals surface area contributed by atoms with Crippen molar-refractivity contribution in [2.75, 3.05) is 6.26 Å². The average Bonchev–Trinajstić information content (AvgIpc) is 2.34. The Hall–Kier alpha value is -1.25. The van der Waals surface area contributed by atoms with Crippen molar-refractivity contribution in [3.05, 3.63) is 29.3 Å². The second-order valence-corrected chi connectivity index (χ2v) is 4.73. The van der Waals surface area contributed by atoms with Crippen LogP contribution in [0.1, 0.15) is 20.7 Å². The lowest BCUT2D eigenvalue weighted by Gasteiger charge is -2.37. The van der Waals surface area contributed by atoms with Crippen molar-refractivity contribution < 1.29 is 30.0 Å². The SMILES string of the molecule is CSc1cccc2c1C(=O)C(O)(O)C(O)(O)C2=O. The van der Waals surface area contributed by atoms with E-state index in [4.69, 9.17) is 0 Å². The van der Waals surface area contributed by atoms with Gasteiger partial charge in [0.25, 0.3) is 11.6 Å². The number of fused-ring (bicyclic) bond motifs is 1. The van der Waals surface area contributed by atoms with E-state index in [1.807, 2.05) is 0 Å². The Kier molecular flexibility index (Phi) is 2.84. The number of Topliss-reactive ketones (excluding diaryl/α,β-unsaturated/α-hetero) is 2. The number of aliphatic hydroxyl groups is 4. The van der Waals surface area contributed by atoms with Gasteiger partial charge in [0.05, 0.1) is 0 Å². The fourth-order valence-electron chi connectivity index (χ4n) is 1.80. The van der Waals surface area contributed by atoms with E-state index in [1.54, 1.807) is 6.26 Å². The summed E-state index contributed by atoms with van der Waals surface area (Å²) < 4.78 is 0. The highest BCUT2D eigenvalue weighted by Crippen LogP contribution is 2.37. The maximum Gasteiger partial charge on any atom is 0.292 e. The van der Waals surface area contributed by atoms with E-state index in [9.17, 15) is 30.0 Å². The molecule has 1 aliphatic rings. The van der Waals surface area contributed by atoms with Crippen LogP contribution in [0.3, 0.4) is 0 Å². The van der Waals surface area contributed by atoms with Crippen molar-refractivity contribution in [3.63, 3.8) is 0 Å². The summed E-state index contributed by atoms with van der Waals surface area (Å²) in [5.74, 6) is -9.73. The van der Waals surface area contributed by atoms with Crippen LogP contribution in [0.2, 0.25) is 0 Å². The third kappa shape index (κ3) is 1.46. The van der Waals surface area contributed by atoms with Gasteiger partial charge in [-0.3, -0.25) is 9.59 Å². The molecule has 0 atom stereocenters. The largest absolute Gasteiger partial charge is 0.355 e. The molecule has 6 nitrogen and oxygen atoms in total. The first-order chi connectivity index (χ1) is 8.25. The Balaban J connectivity index is 2.80. The van der Waals surface area contributed by atoms with Crippen molar-refractivity contribution in [3.8, 4) is 0 Å². The van der Waals surface area contributed by atoms with Crippen LogP contribution >= 0.6 is 11.8 Å². The van der Waals surface area contributed by atoms with Gasteiger partial charge in [-0.2, -0.15) is 0 Å². The summed E-state index contributed by atoms with van der Waals surface area (Å²) in [6.45, 7) is 0. The Bertz CT molecular complexity index is 548. The van der Waals surface area contributed by atoms with Gasteiger partial charge in [0, 0.05) is 16.0 Å². The van der Waals surface area contributed by atoms with Crippen molar-refractivity contribution in [1.29, 1.82) is 0 Å². The Morgan fingerprint density at radius 1 is 1.00 bits per heavy atom. The molecule has 0 amide bonds. The molecule has 18 heavy (non-hydrogen) atoms. The van der Waals surface area contributed by atoms with Crippen LogP contribution in [0.25, 0.3) is 0 Å². The fourth-order valence-corrected chi connectivity index (χ4v) is 2.42. The van der Waals surface area contributed by atoms with Gasteiger partial charge in [0.1, 0.15) is 0 Å². The summed E-state index contributed by atoms with van der Waals surface area (Å²) in [5.41, 5.74) is -0.450. The second kappa shape index (κ2) is 3.87. The molecule has 0 saturated carbocycles. The number of carbonyl (C=O) groups excluding carboxylic acids is 2. The molecule has 96 valence electrons. The number of rotatable bonds is 1. The molecule has 0 spiro atoms. The predicted molar refractivity (Wildman–Crippen MR) is 61.2 cm³/mol. The van der Waals surface area contributed by atoms with Gasteiger partial charge in [0.15, 0.2) is 0 Å².